The smallest absolute Gasteiger partial charge is 0.279 e. The molecular weight excluding hydrogens is 240 g/mol. The van der Waals surface area contributed by atoms with Crippen molar-refractivity contribution < 1.29 is 13.5 Å². The molecule has 0 bridgehead atoms. The number of nitrogens with one attached hydrogen (secondary N) is 1. The molecule has 0 amide bonds. The van der Waals surface area contributed by atoms with Gasteiger partial charge in [0.2, 0.25) is 0 Å². The van der Waals surface area contributed by atoms with Gasteiger partial charge in [0.1, 0.15) is 0 Å². The molecule has 0 saturated heterocycles. The third-order valence-corrected chi connectivity index (χ3v) is 5.15. The first-order valence-electron chi connectivity index (χ1n) is 6.18. The van der Waals surface area contributed by atoms with Gasteiger partial charge < -0.3 is 5.11 Å². The lowest BCUT2D eigenvalue weighted by Gasteiger charge is -2.36. The molecule has 5 nitrogen and oxygen atoms in total. The number of aliphatic hydroxyl groups is 1. The first-order valence-corrected chi connectivity index (χ1v) is 7.62. The molecule has 0 aromatic carbocycles. The lowest BCUT2D eigenvalue weighted by Crippen LogP contribution is -2.48. The summed E-state index contributed by atoms with van der Waals surface area (Å²) in [5.74, 6) is 0.681. The summed E-state index contributed by atoms with van der Waals surface area (Å²) < 4.78 is 26.6. The molecule has 0 atom stereocenters. The normalized spacial score (nSPS) is 30.8. The monoisotopic (exact) mass is 264 g/mol. The second-order valence-corrected chi connectivity index (χ2v) is 7.15. The van der Waals surface area contributed by atoms with Gasteiger partial charge in [0, 0.05) is 20.6 Å². The predicted octanol–water partition coefficient (Wildman–Crippen LogP) is 0.714. The van der Waals surface area contributed by atoms with Crippen LogP contribution in [0.25, 0.3) is 0 Å². The highest BCUT2D eigenvalue weighted by atomic mass is 32.2. The molecule has 17 heavy (non-hydrogen) atoms. The molecule has 0 aromatic rings. The first kappa shape index (κ1) is 14.9. The van der Waals surface area contributed by atoms with E-state index < -0.39 is 15.8 Å². The van der Waals surface area contributed by atoms with Gasteiger partial charge in [-0.1, -0.05) is 13.3 Å². The quantitative estimate of drug-likeness (QED) is 0.768. The van der Waals surface area contributed by atoms with Crippen LogP contribution in [0.2, 0.25) is 0 Å². The number of rotatable bonds is 5. The molecule has 1 saturated carbocycles. The second kappa shape index (κ2) is 5.65. The van der Waals surface area contributed by atoms with Crippen molar-refractivity contribution in [3.05, 3.63) is 0 Å². The summed E-state index contributed by atoms with van der Waals surface area (Å²) in [7, 11) is -0.486. The zero-order valence-electron chi connectivity index (χ0n) is 10.9. The Balaban J connectivity index is 2.47. The Labute approximate surface area is 104 Å². The molecule has 1 rings (SSSR count). The summed E-state index contributed by atoms with van der Waals surface area (Å²) in [4.78, 5) is 0. The van der Waals surface area contributed by atoms with Crippen molar-refractivity contribution in [2.24, 2.45) is 5.92 Å². The molecule has 0 radical (unpaired) electrons. The highest BCUT2D eigenvalue weighted by Crippen LogP contribution is 2.33. The van der Waals surface area contributed by atoms with E-state index >= 15 is 0 Å². The van der Waals surface area contributed by atoms with Gasteiger partial charge in [-0.05, 0) is 31.6 Å². The van der Waals surface area contributed by atoms with Crippen LogP contribution in [0.15, 0.2) is 0 Å². The molecule has 2 N–H and O–H groups in total. The van der Waals surface area contributed by atoms with Gasteiger partial charge in [-0.2, -0.15) is 17.4 Å². The van der Waals surface area contributed by atoms with E-state index in [1.54, 1.807) is 0 Å². The van der Waals surface area contributed by atoms with Crippen molar-refractivity contribution >= 4 is 10.2 Å². The zero-order valence-corrected chi connectivity index (χ0v) is 11.8. The van der Waals surface area contributed by atoms with E-state index in [0.29, 0.717) is 18.8 Å². The van der Waals surface area contributed by atoms with Crippen LogP contribution in [0, 0.1) is 5.92 Å². The average Bonchev–Trinajstić information content (AvgIpc) is 2.28. The molecule has 6 heteroatoms. The van der Waals surface area contributed by atoms with E-state index in [1.807, 2.05) is 0 Å². The summed E-state index contributed by atoms with van der Waals surface area (Å²) in [5, 5.41) is 10.3. The van der Waals surface area contributed by atoms with Crippen molar-refractivity contribution in [1.82, 2.24) is 9.03 Å². The topological polar surface area (TPSA) is 69.6 Å². The van der Waals surface area contributed by atoms with Gasteiger partial charge in [-0.15, -0.1) is 0 Å². The van der Waals surface area contributed by atoms with Crippen LogP contribution >= 0.6 is 0 Å². The van der Waals surface area contributed by atoms with Crippen LogP contribution in [0.3, 0.4) is 0 Å². The number of nitrogens with zero attached hydrogens (tertiary/aromatic N) is 1. The average molecular weight is 264 g/mol. The molecule has 0 aromatic heterocycles. The minimum atomic E-state index is -3.43. The highest BCUT2D eigenvalue weighted by Gasteiger charge is 2.33. The molecule has 1 fully saturated rings. The fraction of sp³-hybridized carbons (Fsp3) is 1.00. The van der Waals surface area contributed by atoms with Crippen LogP contribution in [-0.4, -0.2) is 44.1 Å². The lowest BCUT2D eigenvalue weighted by atomic mass is 9.78. The van der Waals surface area contributed by atoms with Crippen LogP contribution in [0.4, 0.5) is 0 Å². The van der Waals surface area contributed by atoms with Crippen LogP contribution in [-0.2, 0) is 10.2 Å². The third-order valence-electron chi connectivity index (χ3n) is 3.68. The van der Waals surface area contributed by atoms with Crippen molar-refractivity contribution in [2.45, 2.75) is 44.6 Å². The predicted molar refractivity (Wildman–Crippen MR) is 67.8 cm³/mol. The number of hydrogen-bond acceptors (Lipinski definition) is 3. The van der Waals surface area contributed by atoms with Gasteiger partial charge in [-0.25, -0.2) is 0 Å². The SMILES string of the molecule is CCC1CCC(O)(CNS(=O)(=O)N(C)C)CC1. The van der Waals surface area contributed by atoms with E-state index in [4.69, 9.17) is 0 Å². The lowest BCUT2D eigenvalue weighted by molar-refractivity contribution is -0.00463. The van der Waals surface area contributed by atoms with Crippen LogP contribution in [0.5, 0.6) is 0 Å². The maximum absolute atomic E-state index is 11.5. The van der Waals surface area contributed by atoms with Gasteiger partial charge in [0.15, 0.2) is 0 Å². The summed E-state index contributed by atoms with van der Waals surface area (Å²) in [6.07, 6.45) is 4.47. The molecule has 0 aliphatic heterocycles. The third kappa shape index (κ3) is 4.21. The zero-order chi connectivity index (χ0) is 13.1. The Hall–Kier alpha value is -0.170. The fourth-order valence-corrected chi connectivity index (χ4v) is 2.86. The Bertz CT molecular complexity index is 333. The minimum Gasteiger partial charge on any atom is -0.389 e. The van der Waals surface area contributed by atoms with Gasteiger partial charge in [0.05, 0.1) is 5.60 Å². The van der Waals surface area contributed by atoms with Crippen LogP contribution < -0.4 is 4.72 Å². The van der Waals surface area contributed by atoms with Gasteiger partial charge >= 0.3 is 0 Å². The van der Waals surface area contributed by atoms with Crippen LogP contribution in [0.1, 0.15) is 39.0 Å². The Morgan fingerprint density at radius 3 is 2.29 bits per heavy atom. The molecule has 0 unspecified atom stereocenters. The maximum atomic E-state index is 11.5. The van der Waals surface area contributed by atoms with E-state index in [1.165, 1.54) is 14.1 Å². The Morgan fingerprint density at radius 2 is 1.88 bits per heavy atom. The molecular formula is C11H24N2O3S. The van der Waals surface area contributed by atoms with E-state index in [9.17, 15) is 13.5 Å². The largest absolute Gasteiger partial charge is 0.389 e. The second-order valence-electron chi connectivity index (χ2n) is 5.18. The Kier molecular flexibility index (Phi) is 4.95. The first-order chi connectivity index (χ1) is 7.79. The van der Waals surface area contributed by atoms with Crippen molar-refractivity contribution in [2.75, 3.05) is 20.6 Å². The highest BCUT2D eigenvalue weighted by molar-refractivity contribution is 7.87. The molecule has 1 aliphatic carbocycles. The molecule has 0 spiro atoms. The number of hydrogen-bond donors (Lipinski definition) is 2. The standard InChI is InChI=1S/C11H24N2O3S/c1-4-10-5-7-11(14,8-6-10)9-12-17(15,16)13(2)3/h10,12,14H,4-9H2,1-3H3. The summed E-state index contributed by atoms with van der Waals surface area (Å²) in [6, 6.07) is 0. The summed E-state index contributed by atoms with van der Waals surface area (Å²) in [6.45, 7) is 2.27. The van der Waals surface area contributed by atoms with E-state index in [2.05, 4.69) is 11.6 Å². The van der Waals surface area contributed by atoms with Crippen molar-refractivity contribution in [3.63, 3.8) is 0 Å². The maximum Gasteiger partial charge on any atom is 0.279 e. The Morgan fingerprint density at radius 1 is 1.35 bits per heavy atom. The van der Waals surface area contributed by atoms with Gasteiger partial charge in [0.25, 0.3) is 10.2 Å². The van der Waals surface area contributed by atoms with Crippen molar-refractivity contribution in [3.8, 4) is 0 Å². The van der Waals surface area contributed by atoms with E-state index in [-0.39, 0.29) is 6.54 Å². The summed E-state index contributed by atoms with van der Waals surface area (Å²) >= 11 is 0. The molecule has 1 aliphatic rings. The molecule has 0 heterocycles. The molecule has 102 valence electrons. The van der Waals surface area contributed by atoms with Crippen molar-refractivity contribution in [1.29, 1.82) is 0 Å². The van der Waals surface area contributed by atoms with E-state index in [0.717, 1.165) is 23.6 Å². The summed E-state index contributed by atoms with van der Waals surface area (Å²) in [5.41, 5.74) is -0.866. The van der Waals surface area contributed by atoms with Gasteiger partial charge in [-0.3, -0.25) is 0 Å². The minimum absolute atomic E-state index is 0.115. The fourth-order valence-electron chi connectivity index (χ4n) is 2.15.